The van der Waals surface area contributed by atoms with Gasteiger partial charge < -0.3 is 21.3 Å². The van der Waals surface area contributed by atoms with Crippen molar-refractivity contribution in [2.24, 2.45) is 11.3 Å². The Labute approximate surface area is 465 Å². The highest BCUT2D eigenvalue weighted by atomic mass is 14.9. The zero-order chi connectivity index (χ0) is 56.1. The molecule has 6 aromatic rings. The molecule has 6 aromatic carbocycles. The first-order valence-corrected chi connectivity index (χ1v) is 29.2. The lowest BCUT2D eigenvalue weighted by Gasteiger charge is -2.30. The van der Waals surface area contributed by atoms with E-state index in [9.17, 15) is 0 Å². The summed E-state index contributed by atoms with van der Waals surface area (Å²) in [5, 5.41) is 14.4. The summed E-state index contributed by atoms with van der Waals surface area (Å²) in [7, 11) is 0. The number of hydrogen-bond acceptors (Lipinski definition) is 4. The fraction of sp³-hybridized carbons (Fsp3) is 0.500. The first-order chi connectivity index (χ1) is 35.5. The van der Waals surface area contributed by atoms with Crippen LogP contribution in [0.5, 0.6) is 0 Å². The van der Waals surface area contributed by atoms with Gasteiger partial charge >= 0.3 is 0 Å². The molecule has 0 radical (unpaired) electrons. The summed E-state index contributed by atoms with van der Waals surface area (Å²) in [5.74, 6) is 0.689. The Balaban J connectivity index is 0.000000281. The van der Waals surface area contributed by atoms with Gasteiger partial charge in [0.2, 0.25) is 0 Å². The highest BCUT2D eigenvalue weighted by Gasteiger charge is 2.26. The second kappa shape index (κ2) is 26.7. The average molecular weight is 1030 g/mol. The van der Waals surface area contributed by atoms with Crippen LogP contribution < -0.4 is 21.3 Å². The van der Waals surface area contributed by atoms with Gasteiger partial charge in [0.25, 0.3) is 0 Å². The molecule has 0 aliphatic heterocycles. The molecule has 76 heavy (non-hydrogen) atoms. The summed E-state index contributed by atoms with van der Waals surface area (Å²) in [6, 6.07) is 44.7. The Kier molecular flexibility index (Phi) is 21.6. The maximum atomic E-state index is 3.66. The third-order valence-corrected chi connectivity index (χ3v) is 14.9. The third kappa shape index (κ3) is 19.8. The lowest BCUT2D eigenvalue weighted by atomic mass is 9.76. The van der Waals surface area contributed by atoms with Crippen molar-refractivity contribution in [1.82, 2.24) is 0 Å². The molecule has 412 valence electrons. The maximum absolute atomic E-state index is 3.66. The Morgan fingerprint density at radius 3 is 1.22 bits per heavy atom. The molecule has 0 saturated heterocycles. The van der Waals surface area contributed by atoms with Gasteiger partial charge in [-0.05, 0) is 201 Å². The van der Waals surface area contributed by atoms with Crippen molar-refractivity contribution in [1.29, 1.82) is 0 Å². The average Bonchev–Trinajstić information content (AvgIpc) is 3.32. The van der Waals surface area contributed by atoms with Crippen LogP contribution in [0, 0.1) is 25.2 Å². The molecule has 4 heteroatoms. The normalized spacial score (nSPS) is 12.7. The fourth-order valence-electron chi connectivity index (χ4n) is 10.8. The highest BCUT2D eigenvalue weighted by molar-refractivity contribution is 5.64. The summed E-state index contributed by atoms with van der Waals surface area (Å²) in [5.41, 5.74) is 21.8. The maximum Gasteiger partial charge on any atom is 0.0403 e. The van der Waals surface area contributed by atoms with Gasteiger partial charge in [-0.15, -0.1) is 0 Å². The molecule has 1 atom stereocenters. The molecule has 1 unspecified atom stereocenters. The lowest BCUT2D eigenvalue weighted by Crippen LogP contribution is -2.20. The quantitative estimate of drug-likeness (QED) is 0.0576. The minimum Gasteiger partial charge on any atom is -0.381 e. The number of rotatable bonds is 20. The van der Waals surface area contributed by atoms with E-state index in [2.05, 4.69) is 274 Å². The van der Waals surface area contributed by atoms with Gasteiger partial charge in [-0.2, -0.15) is 0 Å². The van der Waals surface area contributed by atoms with E-state index in [-0.39, 0.29) is 21.7 Å². The monoisotopic (exact) mass is 1020 g/mol. The molecule has 0 saturated carbocycles. The van der Waals surface area contributed by atoms with E-state index in [1.807, 2.05) is 0 Å². The van der Waals surface area contributed by atoms with Crippen molar-refractivity contribution < 1.29 is 0 Å². The number of aryl methyl sites for hydroxylation is 1. The number of benzene rings is 6. The first-order valence-electron chi connectivity index (χ1n) is 29.2. The zero-order valence-electron chi connectivity index (χ0n) is 51.4. The summed E-state index contributed by atoms with van der Waals surface area (Å²) in [6.07, 6.45) is 11.7. The predicted molar refractivity (Wildman–Crippen MR) is 338 cm³/mol. The predicted octanol–water partition coefficient (Wildman–Crippen LogP) is 21.4. The van der Waals surface area contributed by atoms with Crippen molar-refractivity contribution in [3.8, 4) is 0 Å². The second-order valence-corrected chi connectivity index (χ2v) is 27.7. The van der Waals surface area contributed by atoms with Gasteiger partial charge in [-0.1, -0.05) is 198 Å². The smallest absolute Gasteiger partial charge is 0.0403 e. The topological polar surface area (TPSA) is 48.1 Å². The number of hydrogen-bond donors (Lipinski definition) is 4. The van der Waals surface area contributed by atoms with Gasteiger partial charge in [0.1, 0.15) is 0 Å². The number of nitrogens with one attached hydrogen (secondary N) is 4. The van der Waals surface area contributed by atoms with Crippen LogP contribution in [-0.4, -0.2) is 0 Å². The standard InChI is InChI=1S/2C36H52N2/c1-25(23-34(3,4)5)20-27-12-14-31(15-13-27)38-32-18-16-30(17-19-32)37-24-28-21-29(35(6,7)8)22-33(26(28)2)36(9,10)11;1-9-10-11-12-13-14-15-28-16-18-31(19-17-28)38-32-22-20-30(21-23-32)37-26-29-24-33(35(3,4)5)27(2)34(25-29)36(6,7)8/h12-19,21-22,25,37-38H,20,23-24H2,1-11H3;16-25,37-38H,9-15,26H2,1-8H3. The third-order valence-electron chi connectivity index (χ3n) is 14.9. The molecule has 0 aliphatic carbocycles. The molecular formula is C72H104N4. The second-order valence-electron chi connectivity index (χ2n) is 27.7. The van der Waals surface area contributed by atoms with E-state index in [1.54, 1.807) is 0 Å². The summed E-state index contributed by atoms with van der Waals surface area (Å²) < 4.78 is 0. The van der Waals surface area contributed by atoms with Crippen LogP contribution in [0.3, 0.4) is 0 Å². The first kappa shape index (κ1) is 61.4. The molecule has 0 spiro atoms. The van der Waals surface area contributed by atoms with Crippen LogP contribution >= 0.6 is 0 Å². The lowest BCUT2D eigenvalue weighted by molar-refractivity contribution is 0.306. The summed E-state index contributed by atoms with van der Waals surface area (Å²) >= 11 is 0. The Morgan fingerprint density at radius 1 is 0.395 bits per heavy atom. The summed E-state index contributed by atoms with van der Waals surface area (Å²) in [4.78, 5) is 0. The molecule has 4 nitrogen and oxygen atoms in total. The molecule has 4 N–H and O–H groups in total. The molecule has 0 heterocycles. The minimum absolute atomic E-state index is 0.121. The molecular weight excluding hydrogens is 921 g/mol. The van der Waals surface area contributed by atoms with Gasteiger partial charge in [0, 0.05) is 47.2 Å². The fourth-order valence-corrected chi connectivity index (χ4v) is 10.8. The van der Waals surface area contributed by atoms with Crippen LogP contribution in [0.4, 0.5) is 34.1 Å². The molecule has 0 bridgehead atoms. The Bertz CT molecular complexity index is 2650. The van der Waals surface area contributed by atoms with Crippen molar-refractivity contribution in [3.05, 3.63) is 177 Å². The van der Waals surface area contributed by atoms with Gasteiger partial charge in [-0.25, -0.2) is 0 Å². The van der Waals surface area contributed by atoms with Crippen LogP contribution in [0.1, 0.15) is 218 Å². The molecule has 6 rings (SSSR count). The van der Waals surface area contributed by atoms with E-state index < -0.39 is 0 Å². The molecule has 0 fully saturated rings. The van der Waals surface area contributed by atoms with Gasteiger partial charge in [0.15, 0.2) is 0 Å². The van der Waals surface area contributed by atoms with Crippen LogP contribution in [0.2, 0.25) is 0 Å². The highest BCUT2D eigenvalue weighted by Crippen LogP contribution is 2.37. The van der Waals surface area contributed by atoms with Crippen molar-refractivity contribution in [2.75, 3.05) is 21.3 Å². The van der Waals surface area contributed by atoms with Crippen molar-refractivity contribution in [2.45, 2.75) is 224 Å². The van der Waals surface area contributed by atoms with Crippen molar-refractivity contribution >= 4 is 34.1 Å². The Hall–Kier alpha value is -5.48. The van der Waals surface area contributed by atoms with Crippen molar-refractivity contribution in [3.63, 3.8) is 0 Å². The van der Waals surface area contributed by atoms with E-state index in [4.69, 9.17) is 0 Å². The SMILES string of the molecule is CCCCCCCCc1ccc(Nc2ccc(NCc3cc(C(C)(C)C)c(C)c(C(C)(C)C)c3)cc2)cc1.Cc1c(CNc2ccc(Nc3ccc(CC(C)CC(C)(C)C)cc3)cc2)cc(C(C)(C)C)cc1C(C)(C)C. The number of unbranched alkanes of at least 4 members (excludes halogenated alkanes) is 5. The van der Waals surface area contributed by atoms with Crippen LogP contribution in [0.15, 0.2) is 121 Å². The summed E-state index contributed by atoms with van der Waals surface area (Å²) in [6.45, 7) is 45.5. The van der Waals surface area contributed by atoms with Gasteiger partial charge in [0.05, 0.1) is 0 Å². The molecule has 0 aromatic heterocycles. The van der Waals surface area contributed by atoms with Crippen LogP contribution in [0.25, 0.3) is 0 Å². The van der Waals surface area contributed by atoms with Gasteiger partial charge in [-0.3, -0.25) is 0 Å². The Morgan fingerprint density at radius 2 is 0.789 bits per heavy atom. The largest absolute Gasteiger partial charge is 0.381 e. The van der Waals surface area contributed by atoms with E-state index in [0.717, 1.165) is 53.6 Å². The zero-order valence-corrected chi connectivity index (χ0v) is 51.4. The van der Waals surface area contributed by atoms with E-state index in [0.29, 0.717) is 11.3 Å². The van der Waals surface area contributed by atoms with E-state index in [1.165, 1.54) is 107 Å². The minimum atomic E-state index is 0.121. The van der Waals surface area contributed by atoms with Crippen LogP contribution in [-0.2, 0) is 47.6 Å². The number of anilines is 6. The molecule has 0 aliphatic rings. The van der Waals surface area contributed by atoms with E-state index >= 15 is 0 Å². The molecule has 0 amide bonds.